The maximum absolute atomic E-state index is 13.4. The Balaban J connectivity index is 1.95. The van der Waals surface area contributed by atoms with Crippen LogP contribution in [-0.2, 0) is 14.8 Å². The third-order valence-electron chi connectivity index (χ3n) is 5.74. The summed E-state index contributed by atoms with van der Waals surface area (Å²) in [6, 6.07) is 7.51. The van der Waals surface area contributed by atoms with Crippen molar-refractivity contribution < 1.29 is 23.1 Å². The van der Waals surface area contributed by atoms with Crippen LogP contribution in [0.15, 0.2) is 46.4 Å². The summed E-state index contributed by atoms with van der Waals surface area (Å²) < 4.78 is 27.9. The summed E-state index contributed by atoms with van der Waals surface area (Å²) in [5.41, 5.74) is 8.33. The van der Waals surface area contributed by atoms with Crippen LogP contribution in [0.2, 0.25) is 0 Å². The first-order chi connectivity index (χ1) is 16.9. The summed E-state index contributed by atoms with van der Waals surface area (Å²) >= 11 is 0. The van der Waals surface area contributed by atoms with Crippen LogP contribution in [0.3, 0.4) is 0 Å². The summed E-state index contributed by atoms with van der Waals surface area (Å²) in [6.45, 7) is 0.0580. The van der Waals surface area contributed by atoms with Crippen molar-refractivity contribution in [1.82, 2.24) is 4.31 Å². The number of rotatable bonds is 9. The molecule has 0 aromatic heterocycles. The number of non-ortho nitro benzene ring substituents is 2. The summed E-state index contributed by atoms with van der Waals surface area (Å²) in [7, 11) is -0.701. The first-order valence-corrected chi connectivity index (χ1v) is 12.2. The lowest BCUT2D eigenvalue weighted by Crippen LogP contribution is -2.41. The second kappa shape index (κ2) is 10.7. The van der Waals surface area contributed by atoms with Crippen molar-refractivity contribution in [3.63, 3.8) is 0 Å². The van der Waals surface area contributed by atoms with Crippen molar-refractivity contribution in [1.29, 1.82) is 0 Å². The number of nitrogens with one attached hydrogen (secondary N) is 1. The van der Waals surface area contributed by atoms with Crippen molar-refractivity contribution in [2.75, 3.05) is 37.5 Å². The molecule has 0 atom stereocenters. The molecule has 1 fully saturated rings. The van der Waals surface area contributed by atoms with Crippen LogP contribution in [-0.4, -0.2) is 61.9 Å². The predicted octanol–water partition coefficient (Wildman–Crippen LogP) is 1.90. The van der Waals surface area contributed by atoms with Crippen molar-refractivity contribution in [2.45, 2.75) is 17.7 Å². The van der Waals surface area contributed by atoms with Gasteiger partial charge in [0.2, 0.25) is 15.9 Å². The van der Waals surface area contributed by atoms with Gasteiger partial charge in [-0.2, -0.15) is 9.41 Å². The second-order valence-electron chi connectivity index (χ2n) is 8.28. The van der Waals surface area contributed by atoms with Crippen LogP contribution in [0.4, 0.5) is 22.7 Å². The van der Waals surface area contributed by atoms with Gasteiger partial charge >= 0.3 is 0 Å². The Morgan fingerprint density at radius 2 is 1.69 bits per heavy atom. The fraction of sp³-hybridized carbons (Fsp3) is 0.333. The molecule has 2 aromatic rings. The van der Waals surface area contributed by atoms with Crippen LogP contribution in [0.25, 0.3) is 0 Å². The zero-order chi connectivity index (χ0) is 26.6. The Hall–Kier alpha value is -4.11. The normalized spacial score (nSPS) is 15.1. The summed E-state index contributed by atoms with van der Waals surface area (Å²) in [5.74, 6) is -0.943. The lowest BCUT2D eigenvalue weighted by Gasteiger charge is -2.30. The Labute approximate surface area is 206 Å². The van der Waals surface area contributed by atoms with Gasteiger partial charge in [-0.05, 0) is 25.0 Å². The molecule has 1 aliphatic heterocycles. The molecule has 1 amide bonds. The van der Waals surface area contributed by atoms with E-state index in [1.165, 1.54) is 24.4 Å². The van der Waals surface area contributed by atoms with E-state index in [9.17, 15) is 33.4 Å². The largest absolute Gasteiger partial charge is 0.377 e. The molecule has 1 saturated heterocycles. The fourth-order valence-electron chi connectivity index (χ4n) is 3.79. The van der Waals surface area contributed by atoms with E-state index in [-0.39, 0.29) is 42.2 Å². The van der Waals surface area contributed by atoms with Crippen LogP contribution in [0.1, 0.15) is 18.4 Å². The molecule has 192 valence electrons. The molecule has 0 unspecified atom stereocenters. The molecule has 3 rings (SSSR count). The Morgan fingerprint density at radius 1 is 1.11 bits per heavy atom. The van der Waals surface area contributed by atoms with E-state index < -0.39 is 37.4 Å². The highest BCUT2D eigenvalue weighted by molar-refractivity contribution is 7.89. The molecule has 0 bridgehead atoms. The summed E-state index contributed by atoms with van der Waals surface area (Å²) in [5, 5.41) is 26.5. The first kappa shape index (κ1) is 26.5. The van der Waals surface area contributed by atoms with Crippen LogP contribution < -0.4 is 16.1 Å². The molecule has 14 nitrogen and oxygen atoms in total. The Morgan fingerprint density at radius 3 is 2.25 bits per heavy atom. The molecule has 0 radical (unpaired) electrons. The maximum Gasteiger partial charge on any atom is 0.270 e. The second-order valence-corrected chi connectivity index (χ2v) is 10.2. The van der Waals surface area contributed by atoms with Crippen molar-refractivity contribution >= 4 is 44.9 Å². The van der Waals surface area contributed by atoms with E-state index in [4.69, 9.17) is 5.73 Å². The van der Waals surface area contributed by atoms with E-state index in [2.05, 4.69) is 10.5 Å². The zero-order valence-corrected chi connectivity index (χ0v) is 20.3. The molecular weight excluding hydrogens is 494 g/mol. The number of hydrogen-bond acceptors (Lipinski definition) is 10. The van der Waals surface area contributed by atoms with E-state index in [1.54, 1.807) is 25.1 Å². The highest BCUT2D eigenvalue weighted by Gasteiger charge is 2.33. The van der Waals surface area contributed by atoms with Crippen molar-refractivity contribution in [2.24, 2.45) is 16.8 Å². The van der Waals surface area contributed by atoms with E-state index in [0.29, 0.717) is 11.3 Å². The number of benzene rings is 2. The molecule has 36 heavy (non-hydrogen) atoms. The Bertz CT molecular complexity index is 1320. The monoisotopic (exact) mass is 519 g/mol. The van der Waals surface area contributed by atoms with Gasteiger partial charge in [0.25, 0.3) is 11.4 Å². The lowest BCUT2D eigenvalue weighted by atomic mass is 9.98. The predicted molar refractivity (Wildman–Crippen MR) is 132 cm³/mol. The summed E-state index contributed by atoms with van der Waals surface area (Å²) in [6.07, 6.45) is 1.77. The topological polar surface area (TPSA) is 194 Å². The molecule has 2 aromatic carbocycles. The maximum atomic E-state index is 13.4. The third kappa shape index (κ3) is 5.75. The van der Waals surface area contributed by atoms with Gasteiger partial charge in [-0.25, -0.2) is 8.42 Å². The quantitative estimate of drug-likeness (QED) is 0.282. The van der Waals surface area contributed by atoms with Gasteiger partial charge in [0.15, 0.2) is 0 Å². The number of hydrogen-bond donors (Lipinski definition) is 2. The number of primary amides is 1. The number of sulfonamides is 1. The van der Waals surface area contributed by atoms with Gasteiger partial charge in [-0.1, -0.05) is 0 Å². The van der Waals surface area contributed by atoms with Gasteiger partial charge in [-0.15, -0.1) is 0 Å². The number of carbonyl (C=O) groups excluding carboxylic acids is 1. The standard InChI is InChI=1S/C21H25N7O7S/c1-25(2)19-6-4-16(27(30)31)11-15(19)13-23-24-18-5-3-17(28(32)33)12-20(18)36(34,35)26-9-7-14(8-10-26)21(22)29/h3-6,11-14,24H,7-10H2,1-2H3,(H2,22,29)/b23-13-. The van der Waals surface area contributed by atoms with Crippen molar-refractivity contribution in [3.05, 3.63) is 62.2 Å². The van der Waals surface area contributed by atoms with E-state index >= 15 is 0 Å². The van der Waals surface area contributed by atoms with Gasteiger partial charge in [0.05, 0.1) is 21.7 Å². The minimum absolute atomic E-state index is 0.0225. The summed E-state index contributed by atoms with van der Waals surface area (Å²) in [4.78, 5) is 34.0. The lowest BCUT2D eigenvalue weighted by molar-refractivity contribution is -0.385. The number of carbonyl (C=O) groups is 1. The molecule has 1 heterocycles. The zero-order valence-electron chi connectivity index (χ0n) is 19.5. The Kier molecular flexibility index (Phi) is 7.84. The molecule has 1 aliphatic rings. The van der Waals surface area contributed by atoms with Crippen LogP contribution in [0.5, 0.6) is 0 Å². The van der Waals surface area contributed by atoms with Crippen LogP contribution in [0, 0.1) is 26.1 Å². The molecule has 0 saturated carbocycles. The average Bonchev–Trinajstić information content (AvgIpc) is 2.83. The van der Waals surface area contributed by atoms with E-state index in [1.807, 2.05) is 0 Å². The number of nitro benzene ring substituents is 2. The van der Waals surface area contributed by atoms with Crippen molar-refractivity contribution in [3.8, 4) is 0 Å². The van der Waals surface area contributed by atoms with Gasteiger partial charge in [0, 0.05) is 68.6 Å². The van der Waals surface area contributed by atoms with Gasteiger partial charge in [0.1, 0.15) is 4.90 Å². The fourth-order valence-corrected chi connectivity index (χ4v) is 5.42. The highest BCUT2D eigenvalue weighted by Crippen LogP contribution is 2.31. The van der Waals surface area contributed by atoms with Gasteiger partial charge < -0.3 is 10.6 Å². The number of amides is 1. The minimum atomic E-state index is -4.19. The SMILES string of the molecule is CN(C)c1ccc([N+](=O)[O-])cc1/C=N\Nc1ccc([N+](=O)[O-])cc1S(=O)(=O)N1CCC(C(N)=O)CC1. The molecule has 15 heteroatoms. The number of nitrogens with two attached hydrogens (primary N) is 1. The molecule has 3 N–H and O–H groups in total. The average molecular weight is 520 g/mol. The minimum Gasteiger partial charge on any atom is -0.377 e. The van der Waals surface area contributed by atoms with E-state index in [0.717, 1.165) is 16.4 Å². The molecule has 0 spiro atoms. The highest BCUT2D eigenvalue weighted by atomic mass is 32.2. The van der Waals surface area contributed by atoms with Gasteiger partial charge in [-0.3, -0.25) is 30.4 Å². The number of anilines is 2. The number of hydrazone groups is 1. The van der Waals surface area contributed by atoms with Crippen LogP contribution >= 0.6 is 0 Å². The first-order valence-electron chi connectivity index (χ1n) is 10.7. The molecular formula is C21H25N7O7S. The number of piperidine rings is 1. The smallest absolute Gasteiger partial charge is 0.270 e. The number of nitro groups is 2. The third-order valence-corrected chi connectivity index (χ3v) is 7.68. The molecule has 0 aliphatic carbocycles. The number of nitrogens with zero attached hydrogens (tertiary/aromatic N) is 5.